The van der Waals surface area contributed by atoms with E-state index < -0.39 is 5.82 Å². The van der Waals surface area contributed by atoms with E-state index in [-0.39, 0.29) is 30.1 Å². The summed E-state index contributed by atoms with van der Waals surface area (Å²) in [7, 11) is 0. The third-order valence-electron chi connectivity index (χ3n) is 5.69. The Morgan fingerprint density at radius 2 is 2.16 bits per heavy atom. The van der Waals surface area contributed by atoms with Gasteiger partial charge in [-0.15, -0.1) is 0 Å². The van der Waals surface area contributed by atoms with Crippen molar-refractivity contribution in [2.45, 2.75) is 64.0 Å². The van der Waals surface area contributed by atoms with E-state index in [1.807, 2.05) is 19.9 Å². The van der Waals surface area contributed by atoms with Gasteiger partial charge in [-0.3, -0.25) is 9.89 Å². The second kappa shape index (κ2) is 8.95. The Morgan fingerprint density at radius 3 is 2.87 bits per heavy atom. The maximum absolute atomic E-state index is 14.5. The van der Waals surface area contributed by atoms with Gasteiger partial charge < -0.3 is 20.3 Å². The predicted octanol–water partition coefficient (Wildman–Crippen LogP) is 4.19. The van der Waals surface area contributed by atoms with Gasteiger partial charge in [-0.2, -0.15) is 5.10 Å². The highest BCUT2D eigenvalue weighted by Crippen LogP contribution is 2.36. The van der Waals surface area contributed by atoms with E-state index in [4.69, 9.17) is 4.74 Å². The maximum atomic E-state index is 14.5. The first kappa shape index (κ1) is 21.1. The van der Waals surface area contributed by atoms with Gasteiger partial charge in [0.1, 0.15) is 11.9 Å². The second-order valence-electron chi connectivity index (χ2n) is 8.48. The molecule has 0 radical (unpaired) electrons. The van der Waals surface area contributed by atoms with Gasteiger partial charge in [-0.25, -0.2) is 9.18 Å². The van der Waals surface area contributed by atoms with Crippen LogP contribution in [-0.2, 0) is 9.53 Å². The molecule has 1 aromatic heterocycles. The summed E-state index contributed by atoms with van der Waals surface area (Å²) in [4.78, 5) is 25.1. The summed E-state index contributed by atoms with van der Waals surface area (Å²) in [5.74, 6) is 0.324. The van der Waals surface area contributed by atoms with Gasteiger partial charge in [-0.1, -0.05) is 0 Å². The average molecular weight is 429 g/mol. The average Bonchev–Trinajstić information content (AvgIpc) is 3.43. The number of hydrogen-bond acceptors (Lipinski definition) is 5. The number of anilines is 3. The quantitative estimate of drug-likeness (QED) is 0.639. The molecule has 1 aliphatic heterocycles. The van der Waals surface area contributed by atoms with Crippen molar-refractivity contribution in [3.8, 4) is 0 Å². The summed E-state index contributed by atoms with van der Waals surface area (Å²) in [6.07, 6.45) is 3.16. The molecule has 31 heavy (non-hydrogen) atoms. The molecule has 2 aromatic rings. The highest BCUT2D eigenvalue weighted by molar-refractivity contribution is 5.95. The maximum Gasteiger partial charge on any atom is 0.407 e. The van der Waals surface area contributed by atoms with E-state index in [1.165, 1.54) is 11.0 Å². The number of alkyl carbamates (subject to hydrolysis) is 1. The molecule has 1 saturated carbocycles. The number of benzene rings is 1. The van der Waals surface area contributed by atoms with Crippen molar-refractivity contribution in [1.29, 1.82) is 0 Å². The number of nitrogens with one attached hydrogen (secondary N) is 3. The first-order chi connectivity index (χ1) is 14.9. The molecule has 1 saturated heterocycles. The molecule has 2 aliphatic rings. The van der Waals surface area contributed by atoms with Crippen molar-refractivity contribution in [2.75, 3.05) is 16.8 Å². The fourth-order valence-corrected chi connectivity index (χ4v) is 4.21. The third-order valence-corrected chi connectivity index (χ3v) is 5.69. The van der Waals surface area contributed by atoms with Gasteiger partial charge in [-0.05, 0) is 57.7 Å². The van der Waals surface area contributed by atoms with Crippen LogP contribution in [0.3, 0.4) is 0 Å². The summed E-state index contributed by atoms with van der Waals surface area (Å²) in [5, 5.41) is 13.2. The molecule has 2 fully saturated rings. The lowest BCUT2D eigenvalue weighted by molar-refractivity contribution is -0.117. The third kappa shape index (κ3) is 4.98. The van der Waals surface area contributed by atoms with E-state index >= 15 is 0 Å². The number of ether oxygens (including phenoxy) is 1. The van der Waals surface area contributed by atoms with Crippen LogP contribution < -0.4 is 15.5 Å². The smallest absolute Gasteiger partial charge is 0.407 e. The number of rotatable bonds is 6. The lowest BCUT2D eigenvalue weighted by atomic mass is 10.0. The highest BCUT2D eigenvalue weighted by Gasteiger charge is 2.30. The fraction of sp³-hybridized carbons (Fsp3) is 0.500. The summed E-state index contributed by atoms with van der Waals surface area (Å²) in [5.41, 5.74) is 1.83. The number of carbonyl (C=O) groups is 2. The molecule has 166 valence electrons. The molecule has 4 rings (SSSR count). The van der Waals surface area contributed by atoms with Gasteiger partial charge in [0.25, 0.3) is 0 Å². The van der Waals surface area contributed by atoms with Crippen molar-refractivity contribution in [1.82, 2.24) is 15.5 Å². The van der Waals surface area contributed by atoms with Gasteiger partial charge >= 0.3 is 6.09 Å². The van der Waals surface area contributed by atoms with Crippen LogP contribution in [0.1, 0.15) is 57.6 Å². The normalized spacial score (nSPS) is 21.0. The van der Waals surface area contributed by atoms with Crippen LogP contribution in [0.4, 0.5) is 26.4 Å². The zero-order valence-corrected chi connectivity index (χ0v) is 17.8. The van der Waals surface area contributed by atoms with Crippen molar-refractivity contribution in [2.24, 2.45) is 0 Å². The Kier molecular flexibility index (Phi) is 6.11. The number of amides is 2. The van der Waals surface area contributed by atoms with E-state index in [9.17, 15) is 14.0 Å². The molecule has 8 nitrogen and oxygen atoms in total. The van der Waals surface area contributed by atoms with Crippen LogP contribution in [0.25, 0.3) is 0 Å². The highest BCUT2D eigenvalue weighted by atomic mass is 19.1. The van der Waals surface area contributed by atoms with E-state index in [0.29, 0.717) is 30.2 Å². The molecule has 0 spiro atoms. The molecule has 3 N–H and O–H groups in total. The molecule has 9 heteroatoms. The van der Waals surface area contributed by atoms with Crippen molar-refractivity contribution >= 4 is 29.2 Å². The molecular formula is C22H28FN5O3. The standard InChI is InChI=1S/C22H28FN5O3/c1-13(2)24-22(30)31-16-7-5-14(10-16)18-12-20(27-26-18)25-15-6-8-19(17(23)11-15)28-9-3-4-21(28)29/h6,8,11-14,16H,3-5,7,9-10H2,1-2H3,(H,24,30)(H2,25,26,27). The Morgan fingerprint density at radius 1 is 1.32 bits per heavy atom. The molecule has 0 bridgehead atoms. The molecule has 2 atom stereocenters. The Hall–Kier alpha value is -3.10. The number of carbonyl (C=O) groups excluding carboxylic acids is 2. The number of aromatic nitrogens is 2. The zero-order chi connectivity index (χ0) is 22.0. The van der Waals surface area contributed by atoms with Crippen molar-refractivity contribution in [3.63, 3.8) is 0 Å². The monoisotopic (exact) mass is 429 g/mol. The summed E-state index contributed by atoms with van der Waals surface area (Å²) < 4.78 is 20.0. The molecule has 2 heterocycles. The minimum absolute atomic E-state index is 0.0423. The topological polar surface area (TPSA) is 99.3 Å². The fourth-order valence-electron chi connectivity index (χ4n) is 4.21. The van der Waals surface area contributed by atoms with Crippen molar-refractivity contribution < 1.29 is 18.7 Å². The molecule has 2 unspecified atom stereocenters. The Balaban J connectivity index is 1.35. The van der Waals surface area contributed by atoms with Gasteiger partial charge in [0, 0.05) is 42.4 Å². The predicted molar refractivity (Wildman–Crippen MR) is 115 cm³/mol. The van der Waals surface area contributed by atoms with E-state index in [1.54, 1.807) is 12.1 Å². The van der Waals surface area contributed by atoms with Crippen LogP contribution >= 0.6 is 0 Å². The zero-order valence-electron chi connectivity index (χ0n) is 17.8. The largest absolute Gasteiger partial charge is 0.446 e. The van der Waals surface area contributed by atoms with Crippen LogP contribution in [0.2, 0.25) is 0 Å². The molecule has 2 amide bonds. The summed E-state index contributed by atoms with van der Waals surface area (Å²) in [6, 6.07) is 6.68. The number of halogens is 1. The van der Waals surface area contributed by atoms with E-state index in [2.05, 4.69) is 20.8 Å². The van der Waals surface area contributed by atoms with Crippen LogP contribution in [0, 0.1) is 5.82 Å². The van der Waals surface area contributed by atoms with Crippen LogP contribution in [-0.4, -0.2) is 40.9 Å². The number of nitrogens with zero attached hydrogens (tertiary/aromatic N) is 2. The first-order valence-corrected chi connectivity index (χ1v) is 10.8. The minimum Gasteiger partial charge on any atom is -0.446 e. The second-order valence-corrected chi connectivity index (χ2v) is 8.48. The van der Waals surface area contributed by atoms with Crippen LogP contribution in [0.15, 0.2) is 24.3 Å². The first-order valence-electron chi connectivity index (χ1n) is 10.8. The van der Waals surface area contributed by atoms with Gasteiger partial charge in [0.15, 0.2) is 5.82 Å². The SMILES string of the molecule is CC(C)NC(=O)OC1CCC(c2cc(Nc3ccc(N4CCCC4=O)c(F)c3)n[nH]2)C1. The number of aromatic amines is 1. The Bertz CT molecular complexity index is 960. The summed E-state index contributed by atoms with van der Waals surface area (Å²) in [6.45, 7) is 4.34. The lowest BCUT2D eigenvalue weighted by Gasteiger charge is -2.17. The van der Waals surface area contributed by atoms with E-state index in [0.717, 1.165) is 31.4 Å². The van der Waals surface area contributed by atoms with Gasteiger partial charge in [0.05, 0.1) is 5.69 Å². The van der Waals surface area contributed by atoms with Crippen molar-refractivity contribution in [3.05, 3.63) is 35.8 Å². The molecule has 1 aliphatic carbocycles. The summed E-state index contributed by atoms with van der Waals surface area (Å²) >= 11 is 0. The lowest BCUT2D eigenvalue weighted by Crippen LogP contribution is -2.33. The number of H-pyrrole nitrogens is 1. The van der Waals surface area contributed by atoms with Gasteiger partial charge in [0.2, 0.25) is 5.91 Å². The Labute approximate surface area is 180 Å². The molecule has 1 aromatic carbocycles. The molecular weight excluding hydrogens is 401 g/mol. The minimum atomic E-state index is -0.438. The van der Waals surface area contributed by atoms with Crippen LogP contribution in [0.5, 0.6) is 0 Å². The number of hydrogen-bond donors (Lipinski definition) is 3.